The number of anilines is 2. The first-order chi connectivity index (χ1) is 19.4. The summed E-state index contributed by atoms with van der Waals surface area (Å²) < 4.78 is 12.2. The van der Waals surface area contributed by atoms with E-state index in [9.17, 15) is 9.59 Å². The highest BCUT2D eigenvalue weighted by atomic mass is 35.5. The van der Waals surface area contributed by atoms with Crippen molar-refractivity contribution in [3.8, 4) is 17.2 Å². The van der Waals surface area contributed by atoms with Crippen LogP contribution >= 0.6 is 23.2 Å². The number of methoxy groups -OCH3 is 2. The summed E-state index contributed by atoms with van der Waals surface area (Å²) in [5, 5.41) is 6.92. The molecule has 2 N–H and O–H groups in total. The van der Waals surface area contributed by atoms with Crippen molar-refractivity contribution in [2.45, 2.75) is 19.5 Å². The Hall–Kier alpha value is -4.21. The summed E-state index contributed by atoms with van der Waals surface area (Å²) in [6, 6.07) is 19.3. The van der Waals surface area contributed by atoms with Crippen molar-refractivity contribution >= 4 is 40.9 Å². The van der Waals surface area contributed by atoms with Crippen molar-refractivity contribution in [1.29, 1.82) is 0 Å². The summed E-state index contributed by atoms with van der Waals surface area (Å²) in [6.45, 7) is 0.925. The summed E-state index contributed by atoms with van der Waals surface area (Å²) in [4.78, 5) is 33.5. The van der Waals surface area contributed by atoms with Gasteiger partial charge in [-0.3, -0.25) is 4.79 Å². The van der Waals surface area contributed by atoms with Crippen molar-refractivity contribution in [1.82, 2.24) is 14.5 Å². The lowest BCUT2D eigenvalue weighted by atomic mass is 10.1. The number of halogens is 2. The standard InChI is InChI=1S/C29H27Cl2N5O4/c1-39-21-9-6-18(7-10-21)16-32-28-33-25-12-13-35(29(38)34-26-11-8-19(30)14-24(26)31)17-23(25)27(37)36(28)20-4-3-5-22(15-20)40-2/h3-11,14-15H,12-13,16-17H2,1-2H3,(H,32,33)(H,34,38). The van der Waals surface area contributed by atoms with Crippen LogP contribution in [0.1, 0.15) is 16.8 Å². The van der Waals surface area contributed by atoms with Crippen molar-refractivity contribution in [2.24, 2.45) is 0 Å². The fraction of sp³-hybridized carbons (Fsp3) is 0.207. The minimum Gasteiger partial charge on any atom is -0.497 e. The molecule has 0 spiro atoms. The van der Waals surface area contributed by atoms with Gasteiger partial charge in [0.1, 0.15) is 11.5 Å². The van der Waals surface area contributed by atoms with E-state index in [1.54, 1.807) is 49.5 Å². The van der Waals surface area contributed by atoms with E-state index in [1.165, 1.54) is 4.57 Å². The Morgan fingerprint density at radius 1 is 1.00 bits per heavy atom. The van der Waals surface area contributed by atoms with Crippen LogP contribution in [0.3, 0.4) is 0 Å². The lowest BCUT2D eigenvalue weighted by Gasteiger charge is -2.29. The van der Waals surface area contributed by atoms with Crippen LogP contribution in [-0.4, -0.2) is 41.2 Å². The number of nitrogens with zero attached hydrogens (tertiary/aromatic N) is 3. The molecule has 5 rings (SSSR count). The first-order valence-electron chi connectivity index (χ1n) is 12.5. The van der Waals surface area contributed by atoms with E-state index in [1.807, 2.05) is 36.4 Å². The van der Waals surface area contributed by atoms with Gasteiger partial charge in [0.15, 0.2) is 0 Å². The SMILES string of the molecule is COc1ccc(CNc2nc3c(c(=O)n2-c2cccc(OC)c2)CN(C(=O)Nc2ccc(Cl)cc2Cl)CC3)cc1. The molecule has 9 nitrogen and oxygen atoms in total. The molecular weight excluding hydrogens is 553 g/mol. The maximum atomic E-state index is 14.0. The van der Waals surface area contributed by atoms with E-state index in [0.29, 0.717) is 63.9 Å². The largest absolute Gasteiger partial charge is 0.497 e. The van der Waals surface area contributed by atoms with Gasteiger partial charge in [-0.15, -0.1) is 0 Å². The van der Waals surface area contributed by atoms with E-state index in [-0.39, 0.29) is 18.1 Å². The number of carbonyl (C=O) groups is 1. The van der Waals surface area contributed by atoms with Gasteiger partial charge in [-0.05, 0) is 48.0 Å². The summed E-state index contributed by atoms with van der Waals surface area (Å²) in [5.41, 5.74) is 2.85. The van der Waals surface area contributed by atoms with Gasteiger partial charge >= 0.3 is 6.03 Å². The fourth-order valence-corrected chi connectivity index (χ4v) is 4.92. The predicted octanol–water partition coefficient (Wildman–Crippen LogP) is 5.76. The average molecular weight is 580 g/mol. The molecule has 1 aliphatic rings. The molecule has 0 bridgehead atoms. The highest BCUT2D eigenvalue weighted by Crippen LogP contribution is 2.27. The van der Waals surface area contributed by atoms with Crippen molar-refractivity contribution < 1.29 is 14.3 Å². The molecule has 11 heteroatoms. The predicted molar refractivity (Wildman–Crippen MR) is 156 cm³/mol. The second-order valence-corrected chi connectivity index (χ2v) is 9.97. The van der Waals surface area contributed by atoms with Crippen LogP contribution in [0.4, 0.5) is 16.4 Å². The van der Waals surface area contributed by atoms with E-state index in [0.717, 1.165) is 11.3 Å². The number of benzene rings is 3. The maximum absolute atomic E-state index is 14.0. The molecule has 0 unspecified atom stereocenters. The Morgan fingerprint density at radius 3 is 2.50 bits per heavy atom. The number of hydrogen-bond donors (Lipinski definition) is 2. The van der Waals surface area contributed by atoms with E-state index in [2.05, 4.69) is 10.6 Å². The summed E-state index contributed by atoms with van der Waals surface area (Å²) >= 11 is 12.2. The van der Waals surface area contributed by atoms with Gasteiger partial charge < -0.3 is 25.0 Å². The second kappa shape index (κ2) is 11.9. The highest BCUT2D eigenvalue weighted by molar-refractivity contribution is 6.36. The Morgan fingerprint density at radius 2 is 1.77 bits per heavy atom. The number of nitrogens with one attached hydrogen (secondary N) is 2. The number of fused-ring (bicyclic) bond motifs is 1. The highest BCUT2D eigenvalue weighted by Gasteiger charge is 2.27. The van der Waals surface area contributed by atoms with Crippen LogP contribution in [0.2, 0.25) is 10.0 Å². The van der Waals surface area contributed by atoms with Gasteiger partial charge in [0.05, 0.1) is 48.4 Å². The molecule has 4 aromatic rings. The second-order valence-electron chi connectivity index (χ2n) is 9.13. The van der Waals surface area contributed by atoms with Crippen LogP contribution in [-0.2, 0) is 19.5 Å². The number of hydrogen-bond acceptors (Lipinski definition) is 6. The molecule has 1 aliphatic heterocycles. The smallest absolute Gasteiger partial charge is 0.322 e. The van der Waals surface area contributed by atoms with Crippen molar-refractivity contribution in [2.75, 3.05) is 31.4 Å². The molecule has 2 amide bonds. The monoisotopic (exact) mass is 579 g/mol. The molecule has 0 radical (unpaired) electrons. The zero-order valence-electron chi connectivity index (χ0n) is 21.9. The molecular formula is C29H27Cl2N5O4. The third-order valence-electron chi connectivity index (χ3n) is 6.61. The van der Waals surface area contributed by atoms with Gasteiger partial charge in [-0.2, -0.15) is 0 Å². The Labute approximate surface area is 241 Å². The molecule has 3 aromatic carbocycles. The van der Waals surface area contributed by atoms with E-state index >= 15 is 0 Å². The number of carbonyl (C=O) groups excluding carboxylic acids is 1. The van der Waals surface area contributed by atoms with Gasteiger partial charge in [-0.25, -0.2) is 14.3 Å². The number of amides is 2. The van der Waals surface area contributed by atoms with E-state index < -0.39 is 0 Å². The minimum atomic E-state index is -0.371. The van der Waals surface area contributed by atoms with Crippen molar-refractivity contribution in [3.05, 3.63) is 104 Å². The van der Waals surface area contributed by atoms with Gasteiger partial charge in [0.2, 0.25) is 5.95 Å². The summed E-state index contributed by atoms with van der Waals surface area (Å²) in [6.07, 6.45) is 0.419. The third-order valence-corrected chi connectivity index (χ3v) is 7.16. The molecule has 0 fully saturated rings. The number of urea groups is 1. The van der Waals surface area contributed by atoms with Crippen LogP contribution < -0.4 is 25.7 Å². The van der Waals surface area contributed by atoms with E-state index in [4.69, 9.17) is 37.7 Å². The first-order valence-corrected chi connectivity index (χ1v) is 13.3. The first kappa shape index (κ1) is 27.4. The molecule has 0 aliphatic carbocycles. The topological polar surface area (TPSA) is 97.7 Å². The molecule has 0 saturated heterocycles. The summed E-state index contributed by atoms with van der Waals surface area (Å²) in [7, 11) is 3.19. The number of rotatable bonds is 7. The number of aromatic nitrogens is 2. The number of ether oxygens (including phenoxy) is 2. The molecule has 40 heavy (non-hydrogen) atoms. The Kier molecular flexibility index (Phi) is 8.14. The van der Waals surface area contributed by atoms with Gasteiger partial charge in [0.25, 0.3) is 5.56 Å². The zero-order valence-corrected chi connectivity index (χ0v) is 23.4. The Bertz CT molecular complexity index is 1610. The lowest BCUT2D eigenvalue weighted by Crippen LogP contribution is -2.43. The van der Waals surface area contributed by atoms with Crippen LogP contribution in [0.25, 0.3) is 5.69 Å². The summed E-state index contributed by atoms with van der Waals surface area (Å²) in [5.74, 6) is 1.76. The van der Waals surface area contributed by atoms with Crippen LogP contribution in [0.5, 0.6) is 11.5 Å². The van der Waals surface area contributed by atoms with Gasteiger partial charge in [0, 0.05) is 30.6 Å². The maximum Gasteiger partial charge on any atom is 0.322 e. The van der Waals surface area contributed by atoms with Crippen LogP contribution in [0.15, 0.2) is 71.5 Å². The fourth-order valence-electron chi connectivity index (χ4n) is 4.47. The molecule has 0 saturated carbocycles. The molecule has 2 heterocycles. The molecule has 206 valence electrons. The molecule has 0 atom stereocenters. The van der Waals surface area contributed by atoms with Crippen molar-refractivity contribution in [3.63, 3.8) is 0 Å². The normalized spacial score (nSPS) is 12.4. The van der Waals surface area contributed by atoms with Crippen LogP contribution in [0, 0.1) is 0 Å². The lowest BCUT2D eigenvalue weighted by molar-refractivity contribution is 0.205. The quantitative estimate of drug-likeness (QED) is 0.289. The van der Waals surface area contributed by atoms with Gasteiger partial charge in [-0.1, -0.05) is 41.4 Å². The Balaban J connectivity index is 1.46. The average Bonchev–Trinajstić information content (AvgIpc) is 2.97. The molecule has 1 aromatic heterocycles. The minimum absolute atomic E-state index is 0.0982. The zero-order chi connectivity index (χ0) is 28.2. The third kappa shape index (κ3) is 5.85.